The molecule has 0 atom stereocenters. The molecule has 0 saturated carbocycles. The highest BCUT2D eigenvalue weighted by Crippen LogP contribution is 2.23. The van der Waals surface area contributed by atoms with E-state index in [9.17, 15) is 0 Å². The minimum Gasteiger partial charge on any atom is -0.354 e. The van der Waals surface area contributed by atoms with Crippen molar-refractivity contribution in [3.63, 3.8) is 0 Å². The maximum Gasteiger partial charge on any atom is 0.223 e. The molecule has 2 heterocycles. The lowest BCUT2D eigenvalue weighted by atomic mass is 10.1. The van der Waals surface area contributed by atoms with Crippen molar-refractivity contribution < 1.29 is 0 Å². The van der Waals surface area contributed by atoms with Crippen LogP contribution in [0.3, 0.4) is 0 Å². The minimum absolute atomic E-state index is 0.670. The van der Waals surface area contributed by atoms with Crippen LogP contribution in [0.1, 0.15) is 12.6 Å². The maximum atomic E-state index is 4.55. The number of hydrogen-bond acceptors (Lipinski definition) is 4. The van der Waals surface area contributed by atoms with Gasteiger partial charge >= 0.3 is 0 Å². The van der Waals surface area contributed by atoms with E-state index < -0.39 is 0 Å². The first-order valence-corrected chi connectivity index (χ1v) is 6.71. The van der Waals surface area contributed by atoms with Gasteiger partial charge in [0.05, 0.1) is 11.2 Å². The summed E-state index contributed by atoms with van der Waals surface area (Å²) in [6, 6.07) is 12.2. The molecule has 0 aliphatic carbocycles. The van der Waals surface area contributed by atoms with Crippen LogP contribution in [-0.4, -0.2) is 21.5 Å². The third-order valence-electron chi connectivity index (χ3n) is 3.09. The summed E-state index contributed by atoms with van der Waals surface area (Å²) < 4.78 is 0. The van der Waals surface area contributed by atoms with Gasteiger partial charge in [-0.25, -0.2) is 9.97 Å². The number of aryl methyl sites for hydroxylation is 1. The molecule has 100 valence electrons. The zero-order valence-electron chi connectivity index (χ0n) is 11.6. The van der Waals surface area contributed by atoms with Crippen molar-refractivity contribution in [2.75, 3.05) is 11.9 Å². The second-order valence-corrected chi connectivity index (χ2v) is 4.66. The van der Waals surface area contributed by atoms with Gasteiger partial charge in [-0.2, -0.15) is 0 Å². The molecule has 20 heavy (non-hydrogen) atoms. The Morgan fingerprint density at radius 3 is 2.85 bits per heavy atom. The van der Waals surface area contributed by atoms with Gasteiger partial charge in [0, 0.05) is 29.4 Å². The van der Waals surface area contributed by atoms with Crippen LogP contribution in [0, 0.1) is 6.92 Å². The van der Waals surface area contributed by atoms with Crippen molar-refractivity contribution in [2.24, 2.45) is 0 Å². The van der Waals surface area contributed by atoms with Gasteiger partial charge in [-0.05, 0) is 32.0 Å². The summed E-state index contributed by atoms with van der Waals surface area (Å²) in [4.78, 5) is 13.3. The van der Waals surface area contributed by atoms with Crippen LogP contribution in [0.5, 0.6) is 0 Å². The van der Waals surface area contributed by atoms with E-state index in [0.29, 0.717) is 5.95 Å². The van der Waals surface area contributed by atoms with Crippen molar-refractivity contribution in [1.82, 2.24) is 15.0 Å². The van der Waals surface area contributed by atoms with Crippen LogP contribution in [-0.2, 0) is 0 Å². The van der Waals surface area contributed by atoms with E-state index in [1.807, 2.05) is 26.0 Å². The molecule has 1 aromatic carbocycles. The van der Waals surface area contributed by atoms with E-state index in [1.165, 1.54) is 0 Å². The van der Waals surface area contributed by atoms with Crippen molar-refractivity contribution >= 4 is 16.9 Å². The predicted octanol–water partition coefficient (Wildman–Crippen LogP) is 3.43. The Morgan fingerprint density at radius 1 is 1.10 bits per heavy atom. The first-order valence-electron chi connectivity index (χ1n) is 6.71. The smallest absolute Gasteiger partial charge is 0.223 e. The zero-order valence-corrected chi connectivity index (χ0v) is 11.6. The number of pyridine rings is 1. The van der Waals surface area contributed by atoms with Gasteiger partial charge < -0.3 is 5.32 Å². The number of nitrogens with one attached hydrogen (secondary N) is 1. The monoisotopic (exact) mass is 264 g/mol. The molecule has 0 aliphatic heterocycles. The molecule has 0 amide bonds. The molecule has 3 aromatic rings. The number of aromatic nitrogens is 3. The molecular weight excluding hydrogens is 248 g/mol. The standard InChI is InChI=1S/C16H16N4/c1-3-17-16-19-11(2)9-15(20-16)13-7-6-12-5-4-8-18-14(12)10-13/h4-10H,3H2,1-2H3,(H,17,19,20). The van der Waals surface area contributed by atoms with E-state index in [-0.39, 0.29) is 0 Å². The van der Waals surface area contributed by atoms with Crippen LogP contribution in [0.2, 0.25) is 0 Å². The summed E-state index contributed by atoms with van der Waals surface area (Å²) in [7, 11) is 0. The Balaban J connectivity index is 2.10. The molecule has 3 rings (SSSR count). The summed E-state index contributed by atoms with van der Waals surface area (Å²) >= 11 is 0. The van der Waals surface area contributed by atoms with E-state index in [0.717, 1.165) is 34.4 Å². The Kier molecular flexibility index (Phi) is 3.29. The van der Waals surface area contributed by atoms with Gasteiger partial charge in [0.2, 0.25) is 5.95 Å². The predicted molar refractivity (Wildman–Crippen MR) is 81.7 cm³/mol. The van der Waals surface area contributed by atoms with Gasteiger partial charge in [-0.15, -0.1) is 0 Å². The highest BCUT2D eigenvalue weighted by molar-refractivity contribution is 5.83. The van der Waals surface area contributed by atoms with Gasteiger partial charge in [-0.1, -0.05) is 18.2 Å². The number of benzene rings is 1. The highest BCUT2D eigenvalue weighted by atomic mass is 15.1. The molecule has 0 bridgehead atoms. The Labute approximate surface area is 117 Å². The van der Waals surface area contributed by atoms with Crippen molar-refractivity contribution in [2.45, 2.75) is 13.8 Å². The summed E-state index contributed by atoms with van der Waals surface area (Å²) in [5.41, 5.74) is 3.90. The minimum atomic E-state index is 0.670. The third kappa shape index (κ3) is 2.45. The second-order valence-electron chi connectivity index (χ2n) is 4.66. The van der Waals surface area contributed by atoms with Crippen molar-refractivity contribution in [3.8, 4) is 11.3 Å². The fourth-order valence-electron chi connectivity index (χ4n) is 2.18. The number of rotatable bonds is 3. The lowest BCUT2D eigenvalue weighted by Crippen LogP contribution is -2.03. The lowest BCUT2D eigenvalue weighted by Gasteiger charge is -2.07. The normalized spacial score (nSPS) is 10.7. The average Bonchev–Trinajstić information content (AvgIpc) is 2.46. The molecule has 0 radical (unpaired) electrons. The van der Waals surface area contributed by atoms with Crippen LogP contribution in [0.25, 0.3) is 22.2 Å². The van der Waals surface area contributed by atoms with Gasteiger partial charge in [0.15, 0.2) is 0 Å². The van der Waals surface area contributed by atoms with Crippen LogP contribution in [0.4, 0.5) is 5.95 Å². The fraction of sp³-hybridized carbons (Fsp3) is 0.188. The molecule has 0 fully saturated rings. The summed E-state index contributed by atoms with van der Waals surface area (Å²) in [5.74, 6) is 0.670. The number of nitrogens with zero attached hydrogens (tertiary/aromatic N) is 3. The molecule has 2 aromatic heterocycles. The summed E-state index contributed by atoms with van der Waals surface area (Å²) in [5, 5.41) is 4.29. The topological polar surface area (TPSA) is 50.7 Å². The van der Waals surface area contributed by atoms with E-state index in [1.54, 1.807) is 6.20 Å². The Hall–Kier alpha value is -2.49. The summed E-state index contributed by atoms with van der Waals surface area (Å²) in [6.45, 7) is 4.82. The van der Waals surface area contributed by atoms with Crippen LogP contribution >= 0.6 is 0 Å². The number of hydrogen-bond donors (Lipinski definition) is 1. The first kappa shape index (κ1) is 12.5. The second kappa shape index (κ2) is 5.25. The largest absolute Gasteiger partial charge is 0.354 e. The molecule has 4 heteroatoms. The molecule has 0 spiro atoms. The van der Waals surface area contributed by atoms with Crippen LogP contribution in [0.15, 0.2) is 42.6 Å². The quantitative estimate of drug-likeness (QED) is 0.787. The molecule has 0 aliphatic rings. The fourth-order valence-corrected chi connectivity index (χ4v) is 2.18. The molecule has 1 N–H and O–H groups in total. The lowest BCUT2D eigenvalue weighted by molar-refractivity contribution is 1.06. The van der Waals surface area contributed by atoms with E-state index in [2.05, 4.69) is 44.5 Å². The van der Waals surface area contributed by atoms with Gasteiger partial charge in [0.1, 0.15) is 0 Å². The molecule has 0 saturated heterocycles. The van der Waals surface area contributed by atoms with Gasteiger partial charge in [0.25, 0.3) is 0 Å². The number of fused-ring (bicyclic) bond motifs is 1. The SMILES string of the molecule is CCNc1nc(C)cc(-c2ccc3cccnc3c2)n1. The third-order valence-corrected chi connectivity index (χ3v) is 3.09. The molecule has 4 nitrogen and oxygen atoms in total. The Morgan fingerprint density at radius 2 is 2.00 bits per heavy atom. The zero-order chi connectivity index (χ0) is 13.9. The van der Waals surface area contributed by atoms with Crippen molar-refractivity contribution in [3.05, 3.63) is 48.3 Å². The average molecular weight is 264 g/mol. The molecule has 0 unspecified atom stereocenters. The highest BCUT2D eigenvalue weighted by Gasteiger charge is 2.05. The molecular formula is C16H16N4. The Bertz CT molecular complexity index is 752. The van der Waals surface area contributed by atoms with Gasteiger partial charge in [-0.3, -0.25) is 4.98 Å². The maximum absolute atomic E-state index is 4.55. The first-order chi connectivity index (χ1) is 9.76. The van der Waals surface area contributed by atoms with E-state index in [4.69, 9.17) is 0 Å². The number of anilines is 1. The van der Waals surface area contributed by atoms with E-state index >= 15 is 0 Å². The van der Waals surface area contributed by atoms with Crippen molar-refractivity contribution in [1.29, 1.82) is 0 Å². The van der Waals surface area contributed by atoms with Crippen LogP contribution < -0.4 is 5.32 Å². The summed E-state index contributed by atoms with van der Waals surface area (Å²) in [6.07, 6.45) is 1.81.